The molecule has 0 bridgehead atoms. The van der Waals surface area contributed by atoms with Crippen LogP contribution in [-0.2, 0) is 0 Å². The molecule has 94 valence electrons. The van der Waals surface area contributed by atoms with E-state index in [1.807, 2.05) is 13.8 Å². The molecular weight excluding hydrogens is 230 g/mol. The average molecular weight is 245 g/mol. The van der Waals surface area contributed by atoms with Crippen molar-refractivity contribution in [3.8, 4) is 0 Å². The van der Waals surface area contributed by atoms with Crippen LogP contribution >= 0.6 is 0 Å². The minimum Gasteiger partial charge on any atom is -0.298 e. The van der Waals surface area contributed by atoms with Crippen LogP contribution in [0.15, 0.2) is 18.2 Å². The lowest BCUT2D eigenvalue weighted by Crippen LogP contribution is -2.31. The summed E-state index contributed by atoms with van der Waals surface area (Å²) in [6.07, 6.45) is 1.46. The maximum absolute atomic E-state index is 12.1. The molecule has 1 aliphatic rings. The number of nitrogens with zero attached hydrogens (tertiary/aromatic N) is 1. The Morgan fingerprint density at radius 2 is 1.83 bits per heavy atom. The van der Waals surface area contributed by atoms with Crippen LogP contribution in [0.3, 0.4) is 0 Å². The molecule has 0 atom stereocenters. The van der Waals surface area contributed by atoms with E-state index in [1.54, 1.807) is 12.1 Å². The summed E-state index contributed by atoms with van der Waals surface area (Å²) >= 11 is 0. The smallest absolute Gasteiger partial charge is 0.261 e. The first-order chi connectivity index (χ1) is 8.54. The molecule has 0 saturated carbocycles. The minimum absolute atomic E-state index is 0.256. The Bertz CT molecular complexity index is 520. The van der Waals surface area contributed by atoms with Crippen LogP contribution in [0.5, 0.6) is 0 Å². The highest BCUT2D eigenvalue weighted by atomic mass is 16.2. The second-order valence-corrected chi connectivity index (χ2v) is 4.87. The minimum atomic E-state index is -0.292. The highest BCUT2D eigenvalue weighted by molar-refractivity contribution is 6.21. The molecule has 0 unspecified atom stereocenters. The number of carbonyl (C=O) groups excluding carboxylic acids is 3. The molecule has 1 aromatic rings. The van der Waals surface area contributed by atoms with Crippen molar-refractivity contribution in [3.05, 3.63) is 34.9 Å². The Balaban J connectivity index is 2.29. The molecule has 0 fully saturated rings. The van der Waals surface area contributed by atoms with Crippen molar-refractivity contribution in [1.29, 1.82) is 0 Å². The molecule has 0 radical (unpaired) electrons. The van der Waals surface area contributed by atoms with Gasteiger partial charge in [0.2, 0.25) is 0 Å². The Labute approximate surface area is 106 Å². The van der Waals surface area contributed by atoms with Crippen molar-refractivity contribution >= 4 is 18.1 Å². The predicted molar refractivity (Wildman–Crippen MR) is 66.7 cm³/mol. The Morgan fingerprint density at radius 1 is 1.17 bits per heavy atom. The molecule has 1 aromatic carbocycles. The van der Waals surface area contributed by atoms with Crippen LogP contribution in [0.2, 0.25) is 0 Å². The molecule has 2 amide bonds. The summed E-state index contributed by atoms with van der Waals surface area (Å²) < 4.78 is 0. The lowest BCUT2D eigenvalue weighted by atomic mass is 10.1. The van der Waals surface area contributed by atoms with E-state index in [0.29, 0.717) is 35.4 Å². The van der Waals surface area contributed by atoms with E-state index >= 15 is 0 Å². The van der Waals surface area contributed by atoms with Crippen molar-refractivity contribution in [1.82, 2.24) is 4.90 Å². The molecule has 0 N–H and O–H groups in total. The zero-order chi connectivity index (χ0) is 13.3. The van der Waals surface area contributed by atoms with Gasteiger partial charge in [0.25, 0.3) is 11.8 Å². The number of fused-ring (bicyclic) bond motifs is 1. The first kappa shape index (κ1) is 12.5. The largest absolute Gasteiger partial charge is 0.298 e. The Morgan fingerprint density at radius 3 is 2.44 bits per heavy atom. The van der Waals surface area contributed by atoms with Crippen molar-refractivity contribution in [2.24, 2.45) is 5.92 Å². The molecule has 0 spiro atoms. The van der Waals surface area contributed by atoms with Crippen molar-refractivity contribution in [3.63, 3.8) is 0 Å². The zero-order valence-electron chi connectivity index (χ0n) is 10.5. The third kappa shape index (κ3) is 2.06. The van der Waals surface area contributed by atoms with Gasteiger partial charge < -0.3 is 0 Å². The third-order valence-electron chi connectivity index (χ3n) is 3.06. The van der Waals surface area contributed by atoms with E-state index in [9.17, 15) is 14.4 Å². The van der Waals surface area contributed by atoms with Crippen LogP contribution in [0.1, 0.15) is 51.3 Å². The Hall–Kier alpha value is -1.97. The van der Waals surface area contributed by atoms with Crippen LogP contribution < -0.4 is 0 Å². The summed E-state index contributed by atoms with van der Waals surface area (Å²) in [5.74, 6) is -0.118. The highest BCUT2D eigenvalue weighted by Gasteiger charge is 2.35. The molecule has 0 aromatic heterocycles. The van der Waals surface area contributed by atoms with Crippen molar-refractivity contribution in [2.75, 3.05) is 6.54 Å². The number of aldehydes is 1. The summed E-state index contributed by atoms with van der Waals surface area (Å²) in [5, 5.41) is 0. The van der Waals surface area contributed by atoms with Gasteiger partial charge in [-0.3, -0.25) is 19.3 Å². The van der Waals surface area contributed by atoms with Crippen LogP contribution in [0.4, 0.5) is 0 Å². The summed E-state index contributed by atoms with van der Waals surface area (Å²) in [7, 11) is 0. The van der Waals surface area contributed by atoms with Gasteiger partial charge in [0.15, 0.2) is 0 Å². The van der Waals surface area contributed by atoms with Crippen LogP contribution in [0, 0.1) is 5.92 Å². The van der Waals surface area contributed by atoms with Gasteiger partial charge in [-0.1, -0.05) is 19.9 Å². The van der Waals surface area contributed by atoms with Crippen molar-refractivity contribution in [2.45, 2.75) is 20.3 Å². The fourth-order valence-corrected chi connectivity index (χ4v) is 1.97. The van der Waals surface area contributed by atoms with Gasteiger partial charge in [-0.05, 0) is 24.5 Å². The summed E-state index contributed by atoms with van der Waals surface area (Å²) in [4.78, 5) is 36.1. The molecule has 4 heteroatoms. The van der Waals surface area contributed by atoms with Crippen LogP contribution in [0.25, 0.3) is 0 Å². The van der Waals surface area contributed by atoms with Gasteiger partial charge in [0, 0.05) is 12.1 Å². The van der Waals surface area contributed by atoms with Gasteiger partial charge in [0.1, 0.15) is 6.29 Å². The SMILES string of the molecule is CC(C)CCN1C(=O)c2ccc(C=O)cc2C1=O. The third-order valence-corrected chi connectivity index (χ3v) is 3.06. The fourth-order valence-electron chi connectivity index (χ4n) is 1.97. The monoisotopic (exact) mass is 245 g/mol. The number of amides is 2. The maximum atomic E-state index is 12.1. The maximum Gasteiger partial charge on any atom is 0.261 e. The topological polar surface area (TPSA) is 54.5 Å². The van der Waals surface area contributed by atoms with Gasteiger partial charge in [-0.25, -0.2) is 0 Å². The molecule has 2 rings (SSSR count). The summed E-state index contributed by atoms with van der Waals surface area (Å²) in [5.41, 5.74) is 1.16. The van der Waals surface area contributed by atoms with E-state index in [1.165, 1.54) is 11.0 Å². The molecule has 1 aliphatic heterocycles. The number of imide groups is 1. The predicted octanol–water partition coefficient (Wildman–Crippen LogP) is 2.14. The average Bonchev–Trinajstić information content (AvgIpc) is 2.59. The fraction of sp³-hybridized carbons (Fsp3) is 0.357. The number of benzene rings is 1. The number of hydrogen-bond donors (Lipinski definition) is 0. The van der Waals surface area contributed by atoms with Gasteiger partial charge >= 0.3 is 0 Å². The molecule has 1 heterocycles. The quantitative estimate of drug-likeness (QED) is 0.603. The summed E-state index contributed by atoms with van der Waals surface area (Å²) in [6.45, 7) is 4.52. The van der Waals surface area contributed by atoms with E-state index < -0.39 is 0 Å². The molecule has 4 nitrogen and oxygen atoms in total. The standard InChI is InChI=1S/C14H15NO3/c1-9(2)5-6-15-13(17)11-4-3-10(8-16)7-12(11)14(15)18/h3-4,7-9H,5-6H2,1-2H3. The molecule has 0 aliphatic carbocycles. The molecule has 18 heavy (non-hydrogen) atoms. The molecular formula is C14H15NO3. The van der Waals surface area contributed by atoms with Crippen LogP contribution in [-0.4, -0.2) is 29.5 Å². The lowest BCUT2D eigenvalue weighted by molar-refractivity contribution is 0.0647. The van der Waals surface area contributed by atoms with E-state index in [2.05, 4.69) is 0 Å². The number of carbonyl (C=O) groups is 3. The Kier molecular flexibility index (Phi) is 3.28. The van der Waals surface area contributed by atoms with Gasteiger partial charge in [-0.2, -0.15) is 0 Å². The summed E-state index contributed by atoms with van der Waals surface area (Å²) in [6, 6.07) is 4.59. The highest BCUT2D eigenvalue weighted by Crippen LogP contribution is 2.24. The zero-order valence-corrected chi connectivity index (χ0v) is 10.5. The second kappa shape index (κ2) is 4.72. The second-order valence-electron chi connectivity index (χ2n) is 4.87. The number of hydrogen-bond acceptors (Lipinski definition) is 3. The van der Waals surface area contributed by atoms with E-state index in [0.717, 1.165) is 6.42 Å². The van der Waals surface area contributed by atoms with E-state index in [-0.39, 0.29) is 11.8 Å². The van der Waals surface area contributed by atoms with Gasteiger partial charge in [-0.15, -0.1) is 0 Å². The van der Waals surface area contributed by atoms with E-state index in [4.69, 9.17) is 0 Å². The first-order valence-electron chi connectivity index (χ1n) is 6.00. The first-order valence-corrected chi connectivity index (χ1v) is 6.00. The molecule has 0 saturated heterocycles. The number of rotatable bonds is 4. The normalized spacial score (nSPS) is 14.3. The van der Waals surface area contributed by atoms with Crippen molar-refractivity contribution < 1.29 is 14.4 Å². The van der Waals surface area contributed by atoms with Gasteiger partial charge in [0.05, 0.1) is 11.1 Å². The lowest BCUT2D eigenvalue weighted by Gasteiger charge is -2.14.